The van der Waals surface area contributed by atoms with Crippen LogP contribution in [0.15, 0.2) is 24.5 Å². The highest BCUT2D eigenvalue weighted by molar-refractivity contribution is 6.29. The van der Waals surface area contributed by atoms with Crippen molar-refractivity contribution in [2.75, 3.05) is 5.73 Å². The zero-order valence-electron chi connectivity index (χ0n) is 9.57. The highest BCUT2D eigenvalue weighted by Crippen LogP contribution is 2.30. The Balaban J connectivity index is 2.36. The summed E-state index contributed by atoms with van der Waals surface area (Å²) < 4.78 is 5.68. The maximum Gasteiger partial charge on any atom is 0.223 e. The Morgan fingerprint density at radius 2 is 1.76 bits per heavy atom. The van der Waals surface area contributed by atoms with Crippen molar-refractivity contribution in [3.63, 3.8) is 0 Å². The minimum atomic E-state index is 0.348. The number of nitrogen functional groups attached to an aromatic ring is 1. The van der Waals surface area contributed by atoms with Gasteiger partial charge in [-0.1, -0.05) is 11.6 Å². The number of anilines is 1. The number of rotatable bonds is 2. The first kappa shape index (κ1) is 11.7. The first-order valence-electron chi connectivity index (χ1n) is 5.08. The van der Waals surface area contributed by atoms with E-state index in [-0.39, 0.29) is 0 Å². The van der Waals surface area contributed by atoms with Gasteiger partial charge in [0.2, 0.25) is 5.88 Å². The van der Waals surface area contributed by atoms with E-state index in [2.05, 4.69) is 9.97 Å². The van der Waals surface area contributed by atoms with Gasteiger partial charge >= 0.3 is 0 Å². The molecule has 4 nitrogen and oxygen atoms in total. The fraction of sp³-hybridized carbons (Fsp3) is 0.167. The Kier molecular flexibility index (Phi) is 3.15. The zero-order valence-corrected chi connectivity index (χ0v) is 10.3. The lowest BCUT2D eigenvalue weighted by Crippen LogP contribution is -1.96. The summed E-state index contributed by atoms with van der Waals surface area (Å²) in [6.07, 6.45) is 1.36. The molecule has 17 heavy (non-hydrogen) atoms. The van der Waals surface area contributed by atoms with Crippen LogP contribution in [0.4, 0.5) is 5.69 Å². The lowest BCUT2D eigenvalue weighted by Gasteiger charge is -2.11. The largest absolute Gasteiger partial charge is 0.438 e. The maximum absolute atomic E-state index is 5.76. The van der Waals surface area contributed by atoms with Gasteiger partial charge in [-0.05, 0) is 37.1 Å². The molecule has 88 valence electrons. The molecule has 0 unspecified atom stereocenters. The van der Waals surface area contributed by atoms with Gasteiger partial charge in [-0.25, -0.2) is 9.97 Å². The summed E-state index contributed by atoms with van der Waals surface area (Å²) in [7, 11) is 0. The van der Waals surface area contributed by atoms with E-state index in [4.69, 9.17) is 22.1 Å². The van der Waals surface area contributed by atoms with E-state index < -0.39 is 0 Å². The lowest BCUT2D eigenvalue weighted by molar-refractivity contribution is 0.455. The lowest BCUT2D eigenvalue weighted by atomic mass is 10.1. The van der Waals surface area contributed by atoms with Gasteiger partial charge in [-0.2, -0.15) is 0 Å². The third-order valence-corrected chi connectivity index (χ3v) is 2.50. The van der Waals surface area contributed by atoms with Crippen LogP contribution in [0.25, 0.3) is 0 Å². The SMILES string of the molecule is Cc1cc(N)cc(C)c1Oc1cc(Cl)ncn1. The van der Waals surface area contributed by atoms with Crippen LogP contribution in [0.5, 0.6) is 11.6 Å². The molecule has 1 aromatic heterocycles. The highest BCUT2D eigenvalue weighted by Gasteiger charge is 2.08. The van der Waals surface area contributed by atoms with Crippen molar-refractivity contribution in [2.24, 2.45) is 0 Å². The van der Waals surface area contributed by atoms with Gasteiger partial charge in [-0.15, -0.1) is 0 Å². The van der Waals surface area contributed by atoms with Crippen LogP contribution in [0, 0.1) is 13.8 Å². The van der Waals surface area contributed by atoms with Gasteiger partial charge in [-0.3, -0.25) is 0 Å². The second-order valence-electron chi connectivity index (χ2n) is 3.76. The molecule has 0 aliphatic carbocycles. The van der Waals surface area contributed by atoms with Crippen molar-refractivity contribution in [1.82, 2.24) is 9.97 Å². The molecule has 0 spiro atoms. The van der Waals surface area contributed by atoms with Gasteiger partial charge < -0.3 is 10.5 Å². The number of aryl methyl sites for hydroxylation is 2. The van der Waals surface area contributed by atoms with E-state index in [1.165, 1.54) is 6.33 Å². The molecule has 1 heterocycles. The molecule has 0 atom stereocenters. The Bertz CT molecular complexity index is 534. The molecule has 0 aliphatic rings. The third kappa shape index (κ3) is 2.65. The highest BCUT2D eigenvalue weighted by atomic mass is 35.5. The molecule has 0 radical (unpaired) electrons. The second-order valence-corrected chi connectivity index (χ2v) is 4.15. The number of nitrogens with two attached hydrogens (primary N) is 1. The predicted octanol–water partition coefficient (Wildman–Crippen LogP) is 3.12. The number of halogens is 1. The second kappa shape index (κ2) is 4.59. The van der Waals surface area contributed by atoms with Gasteiger partial charge in [0.05, 0.1) is 0 Å². The van der Waals surface area contributed by atoms with Crippen molar-refractivity contribution in [3.8, 4) is 11.6 Å². The first-order valence-corrected chi connectivity index (χ1v) is 5.46. The van der Waals surface area contributed by atoms with Crippen molar-refractivity contribution in [1.29, 1.82) is 0 Å². The molecule has 1 aromatic carbocycles. The normalized spacial score (nSPS) is 10.3. The van der Waals surface area contributed by atoms with Crippen LogP contribution in [0.3, 0.4) is 0 Å². The molecular weight excluding hydrogens is 238 g/mol. The summed E-state index contributed by atoms with van der Waals surface area (Å²) in [5, 5.41) is 0.348. The predicted molar refractivity (Wildman–Crippen MR) is 67.4 cm³/mol. The van der Waals surface area contributed by atoms with Crippen molar-refractivity contribution in [2.45, 2.75) is 13.8 Å². The van der Waals surface area contributed by atoms with Crippen LogP contribution >= 0.6 is 11.6 Å². The van der Waals surface area contributed by atoms with Crippen LogP contribution in [0.1, 0.15) is 11.1 Å². The topological polar surface area (TPSA) is 61.0 Å². The summed E-state index contributed by atoms with van der Waals surface area (Å²) in [6, 6.07) is 5.27. The monoisotopic (exact) mass is 249 g/mol. The fourth-order valence-electron chi connectivity index (χ4n) is 1.62. The first-order chi connectivity index (χ1) is 8.06. The number of ether oxygens (including phenoxy) is 1. The molecule has 0 saturated heterocycles. The number of hydrogen-bond acceptors (Lipinski definition) is 4. The van der Waals surface area contributed by atoms with Crippen molar-refractivity contribution in [3.05, 3.63) is 40.8 Å². The summed E-state index contributed by atoms with van der Waals surface area (Å²) in [4.78, 5) is 7.79. The quantitative estimate of drug-likeness (QED) is 0.656. The molecule has 2 rings (SSSR count). The molecule has 0 saturated carbocycles. The number of nitrogens with zero attached hydrogens (tertiary/aromatic N) is 2. The Morgan fingerprint density at radius 1 is 1.12 bits per heavy atom. The summed E-state index contributed by atoms with van der Waals surface area (Å²) >= 11 is 5.76. The average Bonchev–Trinajstić information content (AvgIpc) is 2.23. The van der Waals surface area contributed by atoms with E-state index in [9.17, 15) is 0 Å². The standard InChI is InChI=1S/C12H12ClN3O/c1-7-3-9(14)4-8(2)12(7)17-11-5-10(13)15-6-16-11/h3-6H,14H2,1-2H3. The van der Waals surface area contributed by atoms with Gasteiger partial charge in [0.25, 0.3) is 0 Å². The van der Waals surface area contributed by atoms with Crippen LogP contribution in [-0.4, -0.2) is 9.97 Å². The van der Waals surface area contributed by atoms with Gasteiger partial charge in [0.15, 0.2) is 0 Å². The maximum atomic E-state index is 5.76. The van der Waals surface area contributed by atoms with E-state index >= 15 is 0 Å². The number of hydrogen-bond donors (Lipinski definition) is 1. The molecule has 2 aromatic rings. The van der Waals surface area contributed by atoms with Crippen LogP contribution in [0.2, 0.25) is 5.15 Å². The third-order valence-electron chi connectivity index (χ3n) is 2.30. The molecule has 0 fully saturated rings. The number of aromatic nitrogens is 2. The van der Waals surface area contributed by atoms with Crippen LogP contribution in [-0.2, 0) is 0 Å². The average molecular weight is 250 g/mol. The van der Waals surface area contributed by atoms with Crippen molar-refractivity contribution < 1.29 is 4.74 Å². The smallest absolute Gasteiger partial charge is 0.223 e. The molecule has 0 aliphatic heterocycles. The number of benzene rings is 1. The summed E-state index contributed by atoms with van der Waals surface area (Å²) in [6.45, 7) is 3.86. The van der Waals surface area contributed by atoms with E-state index in [1.54, 1.807) is 6.07 Å². The summed E-state index contributed by atoms with van der Waals surface area (Å²) in [5.74, 6) is 1.16. The van der Waals surface area contributed by atoms with Crippen molar-refractivity contribution >= 4 is 17.3 Å². The van der Waals surface area contributed by atoms with E-state index in [0.717, 1.165) is 16.9 Å². The molecule has 0 amide bonds. The van der Waals surface area contributed by atoms with Gasteiger partial charge in [0.1, 0.15) is 17.2 Å². The van der Waals surface area contributed by atoms with E-state index in [0.29, 0.717) is 16.7 Å². The Hall–Kier alpha value is -1.81. The Morgan fingerprint density at radius 3 is 2.35 bits per heavy atom. The Labute approximate surface area is 104 Å². The molecule has 5 heteroatoms. The van der Waals surface area contributed by atoms with Gasteiger partial charge in [0, 0.05) is 11.8 Å². The summed E-state index contributed by atoms with van der Waals surface area (Å²) in [5.41, 5.74) is 8.37. The van der Waals surface area contributed by atoms with E-state index in [1.807, 2.05) is 26.0 Å². The molecule has 0 bridgehead atoms. The minimum Gasteiger partial charge on any atom is -0.438 e. The zero-order chi connectivity index (χ0) is 12.4. The van der Waals surface area contributed by atoms with Crippen LogP contribution < -0.4 is 10.5 Å². The fourth-order valence-corrected chi connectivity index (χ4v) is 1.76. The molecular formula is C12H12ClN3O. The minimum absolute atomic E-state index is 0.348. The molecule has 2 N–H and O–H groups in total.